The largest absolute Gasteiger partial charge is 0.497 e. The SMILES string of the molecule is COc1ccc(-c2ccc(CCC(=O)O)n2NC(=O)c2sc3cc(Cl)cc(Cl)c3c2Cl)cc1. The molecule has 0 spiro atoms. The van der Waals surface area contributed by atoms with E-state index in [0.29, 0.717) is 37.3 Å². The number of ether oxygens (including phenoxy) is 1. The minimum Gasteiger partial charge on any atom is -0.497 e. The van der Waals surface area contributed by atoms with Crippen LogP contribution in [-0.4, -0.2) is 28.8 Å². The van der Waals surface area contributed by atoms with Crippen molar-refractivity contribution in [2.75, 3.05) is 12.5 Å². The van der Waals surface area contributed by atoms with Crippen LogP contribution in [0.3, 0.4) is 0 Å². The van der Waals surface area contributed by atoms with Gasteiger partial charge in [0.15, 0.2) is 0 Å². The smallest absolute Gasteiger partial charge is 0.303 e. The Labute approximate surface area is 208 Å². The van der Waals surface area contributed by atoms with Crippen molar-refractivity contribution in [2.24, 2.45) is 0 Å². The second kappa shape index (κ2) is 9.65. The quantitative estimate of drug-likeness (QED) is 0.281. The van der Waals surface area contributed by atoms with Crippen molar-refractivity contribution < 1.29 is 19.4 Å². The summed E-state index contributed by atoms with van der Waals surface area (Å²) >= 11 is 20.1. The molecule has 0 bridgehead atoms. The van der Waals surface area contributed by atoms with Gasteiger partial charge in [0.2, 0.25) is 0 Å². The maximum atomic E-state index is 13.3. The van der Waals surface area contributed by atoms with E-state index in [9.17, 15) is 9.59 Å². The molecule has 4 aromatic rings. The highest BCUT2D eigenvalue weighted by Crippen LogP contribution is 2.41. The maximum Gasteiger partial charge on any atom is 0.303 e. The van der Waals surface area contributed by atoms with Gasteiger partial charge in [-0.05, 0) is 48.5 Å². The molecule has 6 nitrogen and oxygen atoms in total. The van der Waals surface area contributed by atoms with E-state index in [-0.39, 0.29) is 22.7 Å². The maximum absolute atomic E-state index is 13.3. The molecule has 0 aliphatic carbocycles. The van der Waals surface area contributed by atoms with Crippen molar-refractivity contribution in [3.8, 4) is 17.0 Å². The molecule has 0 radical (unpaired) electrons. The molecular weight excluding hydrogens is 507 g/mol. The molecule has 0 aliphatic rings. The second-order valence-electron chi connectivity index (χ2n) is 7.11. The van der Waals surface area contributed by atoms with Crippen molar-refractivity contribution in [1.82, 2.24) is 4.68 Å². The number of fused-ring (bicyclic) bond motifs is 1. The molecule has 33 heavy (non-hydrogen) atoms. The molecular formula is C23H17Cl3N2O4S. The van der Waals surface area contributed by atoms with Crippen LogP contribution < -0.4 is 10.2 Å². The second-order valence-corrected chi connectivity index (χ2v) is 9.39. The van der Waals surface area contributed by atoms with Crippen LogP contribution in [0.5, 0.6) is 5.75 Å². The molecule has 0 saturated carbocycles. The molecule has 4 rings (SSSR count). The monoisotopic (exact) mass is 522 g/mol. The van der Waals surface area contributed by atoms with Gasteiger partial charge in [0, 0.05) is 32.8 Å². The Hall–Kier alpha value is -2.71. The Balaban J connectivity index is 1.74. The minimum atomic E-state index is -0.931. The van der Waals surface area contributed by atoms with E-state index in [0.717, 1.165) is 5.56 Å². The number of methoxy groups -OCH3 is 1. The Kier molecular flexibility index (Phi) is 6.86. The number of rotatable bonds is 7. The lowest BCUT2D eigenvalue weighted by Gasteiger charge is -2.15. The van der Waals surface area contributed by atoms with Crippen molar-refractivity contribution in [2.45, 2.75) is 12.8 Å². The number of carbonyl (C=O) groups excluding carboxylic acids is 1. The summed E-state index contributed by atoms with van der Waals surface area (Å²) in [7, 11) is 1.58. The predicted octanol–water partition coefficient (Wildman–Crippen LogP) is 6.74. The highest BCUT2D eigenvalue weighted by molar-refractivity contribution is 7.21. The number of hydrogen-bond acceptors (Lipinski definition) is 4. The molecule has 2 N–H and O–H groups in total. The van der Waals surface area contributed by atoms with E-state index in [1.165, 1.54) is 11.3 Å². The van der Waals surface area contributed by atoms with Gasteiger partial charge < -0.3 is 9.84 Å². The van der Waals surface area contributed by atoms with Crippen LogP contribution in [0.4, 0.5) is 0 Å². The van der Waals surface area contributed by atoms with E-state index in [1.54, 1.807) is 42.1 Å². The predicted molar refractivity (Wildman–Crippen MR) is 133 cm³/mol. The highest BCUT2D eigenvalue weighted by Gasteiger charge is 2.22. The molecule has 2 heterocycles. The third kappa shape index (κ3) is 4.82. The summed E-state index contributed by atoms with van der Waals surface area (Å²) in [6.07, 6.45) is 0.146. The fraction of sp³-hybridized carbons (Fsp3) is 0.130. The number of halogens is 3. The summed E-state index contributed by atoms with van der Waals surface area (Å²) in [5, 5.41) is 10.7. The van der Waals surface area contributed by atoms with Gasteiger partial charge in [-0.2, -0.15) is 0 Å². The van der Waals surface area contributed by atoms with Crippen LogP contribution in [0.2, 0.25) is 15.1 Å². The van der Waals surface area contributed by atoms with Crippen LogP contribution in [0.1, 0.15) is 21.8 Å². The number of nitrogens with zero attached hydrogens (tertiary/aromatic N) is 1. The lowest BCUT2D eigenvalue weighted by Crippen LogP contribution is -2.25. The fourth-order valence-electron chi connectivity index (χ4n) is 3.44. The van der Waals surface area contributed by atoms with Gasteiger partial charge in [-0.15, -0.1) is 11.3 Å². The number of benzene rings is 2. The van der Waals surface area contributed by atoms with E-state index in [1.807, 2.05) is 18.2 Å². The van der Waals surface area contributed by atoms with Crippen molar-refractivity contribution in [3.63, 3.8) is 0 Å². The van der Waals surface area contributed by atoms with Crippen molar-refractivity contribution in [3.05, 3.63) is 74.2 Å². The zero-order valence-corrected chi connectivity index (χ0v) is 20.3. The molecule has 0 saturated heterocycles. The lowest BCUT2D eigenvalue weighted by atomic mass is 10.1. The molecule has 0 aliphatic heterocycles. The van der Waals surface area contributed by atoms with E-state index >= 15 is 0 Å². The number of thiophene rings is 1. The Bertz CT molecular complexity index is 1360. The van der Waals surface area contributed by atoms with Gasteiger partial charge in [-0.25, -0.2) is 0 Å². The van der Waals surface area contributed by atoms with Gasteiger partial charge in [0.05, 0.1) is 29.3 Å². The van der Waals surface area contributed by atoms with Gasteiger partial charge in [-0.1, -0.05) is 34.8 Å². The third-order valence-electron chi connectivity index (χ3n) is 5.01. The summed E-state index contributed by atoms with van der Waals surface area (Å²) < 4.78 is 7.49. The molecule has 1 amide bonds. The topological polar surface area (TPSA) is 80.6 Å². The van der Waals surface area contributed by atoms with E-state index < -0.39 is 11.9 Å². The van der Waals surface area contributed by atoms with Gasteiger partial charge >= 0.3 is 5.97 Å². The number of nitrogens with one attached hydrogen (secondary N) is 1. The molecule has 0 unspecified atom stereocenters. The first kappa shape index (κ1) is 23.4. The number of carboxylic acid groups (broad SMARTS) is 1. The number of aryl methyl sites for hydroxylation is 1. The Morgan fingerprint density at radius 3 is 2.48 bits per heavy atom. The highest BCUT2D eigenvalue weighted by atomic mass is 35.5. The first-order valence-electron chi connectivity index (χ1n) is 9.73. The van der Waals surface area contributed by atoms with Crippen molar-refractivity contribution >= 4 is 68.1 Å². The molecule has 0 fully saturated rings. The number of carboxylic acids is 1. The number of amides is 1. The zero-order chi connectivity index (χ0) is 23.7. The molecule has 10 heteroatoms. The standard InChI is InChI=1S/C23H17Cl3N2O4S/c1-32-15-6-2-12(3-7-15)17-8-4-14(5-9-19(29)30)28(17)27-23(31)22-21(26)20-16(25)10-13(24)11-18(20)33-22/h2-4,6-8,10-11H,5,9H2,1H3,(H,27,31)(H,29,30). The minimum absolute atomic E-state index is 0.0836. The van der Waals surface area contributed by atoms with Crippen LogP contribution in [0, 0.1) is 0 Å². The van der Waals surface area contributed by atoms with Crippen molar-refractivity contribution in [1.29, 1.82) is 0 Å². The average molecular weight is 524 g/mol. The average Bonchev–Trinajstić information content (AvgIpc) is 3.32. The van der Waals surface area contributed by atoms with Gasteiger partial charge in [-0.3, -0.25) is 19.7 Å². The molecule has 0 atom stereocenters. The zero-order valence-electron chi connectivity index (χ0n) is 17.2. The summed E-state index contributed by atoms with van der Waals surface area (Å²) in [4.78, 5) is 24.7. The first-order valence-corrected chi connectivity index (χ1v) is 11.7. The van der Waals surface area contributed by atoms with E-state index in [2.05, 4.69) is 5.43 Å². The fourth-order valence-corrected chi connectivity index (χ4v) is 5.71. The Morgan fingerprint density at radius 1 is 1.09 bits per heavy atom. The van der Waals surface area contributed by atoms with Crippen LogP contribution >= 0.6 is 46.1 Å². The summed E-state index contributed by atoms with van der Waals surface area (Å²) in [5.41, 5.74) is 5.00. The Morgan fingerprint density at radius 2 is 1.82 bits per heavy atom. The lowest BCUT2D eigenvalue weighted by molar-refractivity contribution is -0.136. The van der Waals surface area contributed by atoms with Crippen LogP contribution in [0.15, 0.2) is 48.5 Å². The van der Waals surface area contributed by atoms with Crippen LogP contribution in [-0.2, 0) is 11.2 Å². The van der Waals surface area contributed by atoms with Crippen LogP contribution in [0.25, 0.3) is 21.3 Å². The summed E-state index contributed by atoms with van der Waals surface area (Å²) in [6, 6.07) is 14.2. The number of aromatic nitrogens is 1. The summed E-state index contributed by atoms with van der Waals surface area (Å²) in [6.45, 7) is 0. The normalized spacial score (nSPS) is 11.0. The molecule has 2 aromatic heterocycles. The first-order chi connectivity index (χ1) is 15.8. The summed E-state index contributed by atoms with van der Waals surface area (Å²) in [5.74, 6) is -0.685. The number of carbonyl (C=O) groups is 2. The van der Waals surface area contributed by atoms with E-state index in [4.69, 9.17) is 44.6 Å². The molecule has 170 valence electrons. The third-order valence-corrected chi connectivity index (χ3v) is 7.15. The number of aliphatic carboxylic acids is 1. The van der Waals surface area contributed by atoms with Gasteiger partial charge in [0.25, 0.3) is 5.91 Å². The number of hydrogen-bond donors (Lipinski definition) is 2. The molecule has 2 aromatic carbocycles. The van der Waals surface area contributed by atoms with Gasteiger partial charge in [0.1, 0.15) is 10.6 Å².